The topological polar surface area (TPSA) is 84.1 Å². The second-order valence-electron chi connectivity index (χ2n) is 6.32. The average Bonchev–Trinajstić information content (AvgIpc) is 3.16. The number of methoxy groups -OCH3 is 1. The Balaban J connectivity index is 1.52. The largest absolute Gasteiger partial charge is 0.496 e. The van der Waals surface area contributed by atoms with Crippen LogP contribution in [0.5, 0.6) is 5.75 Å². The number of H-pyrrole nitrogens is 1. The van der Waals surface area contributed by atoms with Crippen molar-refractivity contribution in [3.63, 3.8) is 0 Å². The Morgan fingerprint density at radius 1 is 1.24 bits per heavy atom. The quantitative estimate of drug-likeness (QED) is 0.522. The maximum atomic E-state index is 13.6. The SMILES string of the molecule is COc1ccc(F)cc1-c1csc(NC(=O)Cc2cc3ccccc3[nH]c2=O)n1. The maximum Gasteiger partial charge on any atom is 0.252 e. The van der Waals surface area contributed by atoms with Gasteiger partial charge in [-0.1, -0.05) is 18.2 Å². The molecule has 2 N–H and O–H groups in total. The van der Waals surface area contributed by atoms with Gasteiger partial charge in [-0.15, -0.1) is 11.3 Å². The lowest BCUT2D eigenvalue weighted by Crippen LogP contribution is -2.20. The van der Waals surface area contributed by atoms with E-state index in [1.165, 1.54) is 36.6 Å². The van der Waals surface area contributed by atoms with Crippen LogP contribution in [0.25, 0.3) is 22.2 Å². The number of aromatic nitrogens is 2. The van der Waals surface area contributed by atoms with Crippen molar-refractivity contribution in [2.45, 2.75) is 6.42 Å². The van der Waals surface area contributed by atoms with Crippen molar-refractivity contribution in [2.24, 2.45) is 0 Å². The number of benzene rings is 2. The fourth-order valence-corrected chi connectivity index (χ4v) is 3.72. The van der Waals surface area contributed by atoms with Crippen molar-refractivity contribution in [1.29, 1.82) is 0 Å². The van der Waals surface area contributed by atoms with E-state index in [1.54, 1.807) is 17.5 Å². The third-order valence-corrected chi connectivity index (χ3v) is 5.13. The lowest BCUT2D eigenvalue weighted by atomic mass is 10.1. The molecule has 0 aliphatic carbocycles. The molecule has 0 spiro atoms. The summed E-state index contributed by atoms with van der Waals surface area (Å²) < 4.78 is 18.8. The molecule has 2 aromatic heterocycles. The number of nitrogens with zero attached hydrogens (tertiary/aromatic N) is 1. The predicted octanol–water partition coefficient (Wildman–Crippen LogP) is 3.98. The first kappa shape index (κ1) is 18.8. The van der Waals surface area contributed by atoms with E-state index in [4.69, 9.17) is 4.74 Å². The van der Waals surface area contributed by atoms with E-state index in [-0.39, 0.29) is 17.9 Å². The Hall–Kier alpha value is -3.52. The van der Waals surface area contributed by atoms with Crippen molar-refractivity contribution in [2.75, 3.05) is 12.4 Å². The molecule has 0 bridgehead atoms. The first-order valence-corrected chi connectivity index (χ1v) is 9.61. The molecule has 8 heteroatoms. The highest BCUT2D eigenvalue weighted by Gasteiger charge is 2.14. The van der Waals surface area contributed by atoms with E-state index in [0.717, 1.165) is 10.9 Å². The number of nitrogens with one attached hydrogen (secondary N) is 2. The van der Waals surface area contributed by atoms with Crippen LogP contribution < -0.4 is 15.6 Å². The molecule has 4 aromatic rings. The number of aromatic amines is 1. The Morgan fingerprint density at radius 2 is 2.07 bits per heavy atom. The number of halogens is 1. The first-order valence-electron chi connectivity index (χ1n) is 8.74. The number of para-hydroxylation sites is 1. The third-order valence-electron chi connectivity index (χ3n) is 4.37. The van der Waals surface area contributed by atoms with Gasteiger partial charge in [0.25, 0.3) is 5.56 Å². The molecule has 0 atom stereocenters. The van der Waals surface area contributed by atoms with Gasteiger partial charge in [-0.2, -0.15) is 0 Å². The van der Waals surface area contributed by atoms with Gasteiger partial charge in [-0.05, 0) is 35.7 Å². The molecular formula is C21H16FN3O3S. The number of thiazole rings is 1. The molecule has 4 rings (SSSR count). The molecule has 0 fully saturated rings. The molecule has 2 aromatic carbocycles. The standard InChI is InChI=1S/C21H16FN3O3S/c1-28-18-7-6-14(22)10-15(18)17-11-29-21(24-17)25-19(26)9-13-8-12-4-2-3-5-16(12)23-20(13)27/h2-8,10-11H,9H2,1H3,(H,23,27)(H,24,25,26). The van der Waals surface area contributed by atoms with Crippen LogP contribution in [-0.4, -0.2) is 23.0 Å². The van der Waals surface area contributed by atoms with Crippen LogP contribution in [0.15, 0.2) is 58.7 Å². The summed E-state index contributed by atoms with van der Waals surface area (Å²) in [5, 5.41) is 5.60. The monoisotopic (exact) mass is 409 g/mol. The van der Waals surface area contributed by atoms with Gasteiger partial charge in [0.1, 0.15) is 11.6 Å². The van der Waals surface area contributed by atoms with Gasteiger partial charge in [0.2, 0.25) is 5.91 Å². The van der Waals surface area contributed by atoms with Crippen molar-refractivity contribution >= 4 is 33.3 Å². The molecule has 0 aliphatic heterocycles. The van der Waals surface area contributed by atoms with Crippen molar-refractivity contribution < 1.29 is 13.9 Å². The summed E-state index contributed by atoms with van der Waals surface area (Å²) in [6.07, 6.45) is -0.0850. The normalized spacial score (nSPS) is 10.8. The van der Waals surface area contributed by atoms with Gasteiger partial charge >= 0.3 is 0 Å². The van der Waals surface area contributed by atoms with E-state index >= 15 is 0 Å². The molecule has 0 aliphatic rings. The van der Waals surface area contributed by atoms with Gasteiger partial charge in [-0.25, -0.2) is 9.37 Å². The zero-order valence-electron chi connectivity index (χ0n) is 15.4. The highest BCUT2D eigenvalue weighted by molar-refractivity contribution is 7.14. The van der Waals surface area contributed by atoms with Crippen LogP contribution in [0.4, 0.5) is 9.52 Å². The van der Waals surface area contributed by atoms with Crippen LogP contribution in [0, 0.1) is 5.82 Å². The molecule has 0 saturated heterocycles. The molecule has 146 valence electrons. The van der Waals surface area contributed by atoms with Gasteiger partial charge < -0.3 is 15.0 Å². The second-order valence-corrected chi connectivity index (χ2v) is 7.18. The van der Waals surface area contributed by atoms with E-state index in [9.17, 15) is 14.0 Å². The fourth-order valence-electron chi connectivity index (χ4n) is 3.00. The van der Waals surface area contributed by atoms with Crippen molar-refractivity contribution in [3.05, 3.63) is 75.6 Å². The Morgan fingerprint density at radius 3 is 2.90 bits per heavy atom. The number of carbonyl (C=O) groups is 1. The van der Waals surface area contributed by atoms with Crippen LogP contribution in [0.3, 0.4) is 0 Å². The van der Waals surface area contributed by atoms with E-state index in [1.807, 2.05) is 18.2 Å². The number of fused-ring (bicyclic) bond motifs is 1. The maximum absolute atomic E-state index is 13.6. The molecule has 29 heavy (non-hydrogen) atoms. The third kappa shape index (κ3) is 4.02. The summed E-state index contributed by atoms with van der Waals surface area (Å²) in [7, 11) is 1.49. The van der Waals surface area contributed by atoms with Crippen LogP contribution in [0.1, 0.15) is 5.56 Å². The molecule has 1 amide bonds. The van der Waals surface area contributed by atoms with E-state index < -0.39 is 5.82 Å². The summed E-state index contributed by atoms with van der Waals surface area (Å²) >= 11 is 1.21. The van der Waals surface area contributed by atoms with Crippen molar-refractivity contribution in [3.8, 4) is 17.0 Å². The van der Waals surface area contributed by atoms with E-state index in [2.05, 4.69) is 15.3 Å². The Labute approximate surface area is 169 Å². The number of ether oxygens (including phenoxy) is 1. The molecule has 0 radical (unpaired) electrons. The Bertz CT molecular complexity index is 1270. The second kappa shape index (κ2) is 7.84. The van der Waals surface area contributed by atoms with Gasteiger partial charge in [0.05, 0.1) is 19.2 Å². The van der Waals surface area contributed by atoms with Crippen molar-refractivity contribution in [1.82, 2.24) is 9.97 Å². The fraction of sp³-hybridized carbons (Fsp3) is 0.0952. The highest BCUT2D eigenvalue weighted by Crippen LogP contribution is 2.32. The van der Waals surface area contributed by atoms with Crippen LogP contribution in [-0.2, 0) is 11.2 Å². The Kier molecular flexibility index (Phi) is 5.09. The lowest BCUT2D eigenvalue weighted by Gasteiger charge is -2.06. The minimum absolute atomic E-state index is 0.0850. The summed E-state index contributed by atoms with van der Waals surface area (Å²) in [6.45, 7) is 0. The summed E-state index contributed by atoms with van der Waals surface area (Å²) in [4.78, 5) is 31.7. The van der Waals surface area contributed by atoms with Crippen LogP contribution >= 0.6 is 11.3 Å². The molecule has 0 unspecified atom stereocenters. The average molecular weight is 409 g/mol. The molecule has 6 nitrogen and oxygen atoms in total. The number of rotatable bonds is 5. The lowest BCUT2D eigenvalue weighted by molar-refractivity contribution is -0.115. The zero-order chi connectivity index (χ0) is 20.4. The van der Waals surface area contributed by atoms with Gasteiger partial charge in [-0.3, -0.25) is 9.59 Å². The van der Waals surface area contributed by atoms with Crippen LogP contribution in [0.2, 0.25) is 0 Å². The van der Waals surface area contributed by atoms with Gasteiger partial charge in [0.15, 0.2) is 5.13 Å². The molecule has 2 heterocycles. The van der Waals surface area contributed by atoms with E-state index in [0.29, 0.717) is 27.7 Å². The number of hydrogen-bond acceptors (Lipinski definition) is 5. The number of carbonyl (C=O) groups excluding carboxylic acids is 1. The number of amides is 1. The predicted molar refractivity (Wildman–Crippen MR) is 111 cm³/mol. The highest BCUT2D eigenvalue weighted by atomic mass is 32.1. The minimum Gasteiger partial charge on any atom is -0.496 e. The number of pyridine rings is 1. The molecule has 0 saturated carbocycles. The minimum atomic E-state index is -0.407. The smallest absolute Gasteiger partial charge is 0.252 e. The van der Waals surface area contributed by atoms with Gasteiger partial charge in [0, 0.05) is 22.0 Å². The molecular weight excluding hydrogens is 393 g/mol. The summed E-state index contributed by atoms with van der Waals surface area (Å²) in [6, 6.07) is 13.2. The number of hydrogen-bond donors (Lipinski definition) is 2. The summed E-state index contributed by atoms with van der Waals surface area (Å²) in [5.41, 5.74) is 1.77. The first-order chi connectivity index (χ1) is 14.0. The number of anilines is 1. The zero-order valence-corrected chi connectivity index (χ0v) is 16.2. The summed E-state index contributed by atoms with van der Waals surface area (Å²) in [5.74, 6) is -0.287.